The molecule has 1 aliphatic heterocycles. The van der Waals surface area contributed by atoms with Crippen LogP contribution in [-0.2, 0) is 19.1 Å². The number of rotatable bonds is 4. The van der Waals surface area contributed by atoms with E-state index in [9.17, 15) is 14.7 Å². The fraction of sp³-hybridized carbons (Fsp3) is 0.647. The Labute approximate surface area is 131 Å². The van der Waals surface area contributed by atoms with Gasteiger partial charge in [-0.3, -0.25) is 4.79 Å². The van der Waals surface area contributed by atoms with Crippen LogP contribution in [0.25, 0.3) is 0 Å². The summed E-state index contributed by atoms with van der Waals surface area (Å²) in [5, 5.41) is 10.6. The van der Waals surface area contributed by atoms with Crippen LogP contribution in [0.5, 0.6) is 0 Å². The lowest BCUT2D eigenvalue weighted by Crippen LogP contribution is -2.32. The zero-order chi connectivity index (χ0) is 16.4. The lowest BCUT2D eigenvalue weighted by Gasteiger charge is -2.26. The van der Waals surface area contributed by atoms with E-state index in [0.717, 1.165) is 24.0 Å². The topological polar surface area (TPSA) is 72.8 Å². The van der Waals surface area contributed by atoms with Crippen molar-refractivity contribution in [2.45, 2.75) is 52.2 Å². The summed E-state index contributed by atoms with van der Waals surface area (Å²) in [6, 6.07) is 0. The Morgan fingerprint density at radius 1 is 1.50 bits per heavy atom. The van der Waals surface area contributed by atoms with Gasteiger partial charge in [0.25, 0.3) is 0 Å². The molecule has 5 heteroatoms. The number of carbonyl (C=O) groups excluding carboxylic acids is 2. The van der Waals surface area contributed by atoms with E-state index in [-0.39, 0.29) is 23.9 Å². The van der Waals surface area contributed by atoms with E-state index in [4.69, 9.17) is 9.47 Å². The van der Waals surface area contributed by atoms with Gasteiger partial charge in [0.1, 0.15) is 6.10 Å². The normalized spacial score (nSPS) is 31.6. The molecule has 0 aromatic carbocycles. The third-order valence-corrected chi connectivity index (χ3v) is 4.70. The Bertz CT molecular complexity index is 519. The Hall–Kier alpha value is -1.62. The zero-order valence-corrected chi connectivity index (χ0v) is 13.4. The molecule has 4 atom stereocenters. The van der Waals surface area contributed by atoms with Crippen LogP contribution in [0.2, 0.25) is 0 Å². The van der Waals surface area contributed by atoms with Gasteiger partial charge in [0, 0.05) is 24.8 Å². The van der Waals surface area contributed by atoms with Gasteiger partial charge in [-0.2, -0.15) is 0 Å². The van der Waals surface area contributed by atoms with Crippen LogP contribution in [0.1, 0.15) is 40.0 Å². The minimum Gasteiger partial charge on any atom is -0.466 e. The molecule has 122 valence electrons. The van der Waals surface area contributed by atoms with Crippen LogP contribution in [0.15, 0.2) is 23.3 Å². The van der Waals surface area contributed by atoms with Crippen molar-refractivity contribution in [1.29, 1.82) is 0 Å². The van der Waals surface area contributed by atoms with Crippen molar-refractivity contribution in [3.63, 3.8) is 0 Å². The molecule has 0 aromatic heterocycles. The van der Waals surface area contributed by atoms with Crippen molar-refractivity contribution in [3.8, 4) is 0 Å². The van der Waals surface area contributed by atoms with Crippen LogP contribution in [-0.4, -0.2) is 35.9 Å². The first-order valence-corrected chi connectivity index (χ1v) is 7.72. The smallest absolute Gasteiger partial charge is 0.334 e. The Kier molecular flexibility index (Phi) is 5.06. The van der Waals surface area contributed by atoms with E-state index in [1.54, 1.807) is 0 Å². The number of fused-ring (bicyclic) bond motifs is 1. The first-order chi connectivity index (χ1) is 10.3. The average Bonchev–Trinajstić information content (AvgIpc) is 2.67. The lowest BCUT2D eigenvalue weighted by molar-refractivity contribution is -0.141. The SMILES string of the molecule is C=C1C(=O)O[C@@H]2CC(C)=C(CCCOC(C)=O)[C@H](C)[C@@H](O)[C@@H]12. The molecule has 0 unspecified atom stereocenters. The van der Waals surface area contributed by atoms with E-state index in [2.05, 4.69) is 6.58 Å². The minimum atomic E-state index is -0.676. The molecule has 2 aliphatic rings. The van der Waals surface area contributed by atoms with Gasteiger partial charge in [-0.1, -0.05) is 24.6 Å². The number of hydrogen-bond acceptors (Lipinski definition) is 5. The maximum absolute atomic E-state index is 11.7. The summed E-state index contributed by atoms with van der Waals surface area (Å²) in [6.07, 6.45) is 1.12. The van der Waals surface area contributed by atoms with E-state index in [1.807, 2.05) is 13.8 Å². The van der Waals surface area contributed by atoms with Gasteiger partial charge in [-0.05, 0) is 19.8 Å². The predicted molar refractivity (Wildman–Crippen MR) is 80.9 cm³/mol. The lowest BCUT2D eigenvalue weighted by atomic mass is 9.82. The van der Waals surface area contributed by atoms with Gasteiger partial charge in [0.2, 0.25) is 0 Å². The van der Waals surface area contributed by atoms with Gasteiger partial charge >= 0.3 is 11.9 Å². The summed E-state index contributed by atoms with van der Waals surface area (Å²) in [7, 11) is 0. The summed E-state index contributed by atoms with van der Waals surface area (Å²) >= 11 is 0. The van der Waals surface area contributed by atoms with Gasteiger partial charge < -0.3 is 14.6 Å². The molecule has 0 bridgehead atoms. The molecule has 1 heterocycles. The molecule has 22 heavy (non-hydrogen) atoms. The number of aliphatic hydroxyl groups is 1. The Morgan fingerprint density at radius 2 is 2.18 bits per heavy atom. The average molecular weight is 308 g/mol. The second-order valence-corrected chi connectivity index (χ2v) is 6.23. The highest BCUT2D eigenvalue weighted by Crippen LogP contribution is 2.42. The first-order valence-electron chi connectivity index (χ1n) is 7.72. The van der Waals surface area contributed by atoms with Crippen molar-refractivity contribution in [2.75, 3.05) is 6.61 Å². The molecule has 1 N–H and O–H groups in total. The third-order valence-electron chi connectivity index (χ3n) is 4.70. The highest BCUT2D eigenvalue weighted by atomic mass is 16.6. The van der Waals surface area contributed by atoms with Crippen molar-refractivity contribution < 1.29 is 24.2 Å². The maximum atomic E-state index is 11.7. The number of ether oxygens (including phenoxy) is 2. The highest BCUT2D eigenvalue weighted by molar-refractivity contribution is 5.91. The van der Waals surface area contributed by atoms with Crippen LogP contribution in [0.4, 0.5) is 0 Å². The van der Waals surface area contributed by atoms with Gasteiger partial charge in [0.05, 0.1) is 18.6 Å². The fourth-order valence-corrected chi connectivity index (χ4v) is 3.50. The van der Waals surface area contributed by atoms with Gasteiger partial charge in [-0.15, -0.1) is 0 Å². The van der Waals surface area contributed by atoms with Crippen molar-refractivity contribution in [3.05, 3.63) is 23.3 Å². The molecule has 0 spiro atoms. The van der Waals surface area contributed by atoms with Crippen molar-refractivity contribution in [2.24, 2.45) is 11.8 Å². The largest absolute Gasteiger partial charge is 0.466 e. The van der Waals surface area contributed by atoms with E-state index in [0.29, 0.717) is 18.6 Å². The van der Waals surface area contributed by atoms with Crippen LogP contribution < -0.4 is 0 Å². The second kappa shape index (κ2) is 6.65. The standard InChI is InChI=1S/C17H24O5/c1-9-8-14-15(11(3)17(20)22-14)16(19)10(2)13(9)6-5-7-21-12(4)18/h10,14-16,19H,3,5-8H2,1-2,4H3/t10-,14+,15-,16+/m0/s1. The monoisotopic (exact) mass is 308 g/mol. The molecule has 0 saturated carbocycles. The van der Waals surface area contributed by atoms with Gasteiger partial charge in [-0.25, -0.2) is 4.79 Å². The number of hydrogen-bond donors (Lipinski definition) is 1. The van der Waals surface area contributed by atoms with Crippen molar-refractivity contribution in [1.82, 2.24) is 0 Å². The number of esters is 2. The molecule has 1 aliphatic carbocycles. The van der Waals surface area contributed by atoms with Gasteiger partial charge in [0.15, 0.2) is 0 Å². The molecule has 0 aromatic rings. The molecule has 1 saturated heterocycles. The first kappa shape index (κ1) is 16.7. The molecule has 5 nitrogen and oxygen atoms in total. The van der Waals surface area contributed by atoms with E-state index in [1.165, 1.54) is 6.92 Å². The summed E-state index contributed by atoms with van der Waals surface area (Å²) < 4.78 is 10.3. The van der Waals surface area contributed by atoms with Crippen molar-refractivity contribution >= 4 is 11.9 Å². The predicted octanol–water partition coefficient (Wildman–Crippen LogP) is 2.14. The van der Waals surface area contributed by atoms with E-state index < -0.39 is 12.1 Å². The Balaban J connectivity index is 2.10. The molecule has 1 fully saturated rings. The third kappa shape index (κ3) is 3.24. The van der Waals surface area contributed by atoms with Crippen LogP contribution in [0, 0.1) is 11.8 Å². The Morgan fingerprint density at radius 3 is 2.82 bits per heavy atom. The molecule has 0 radical (unpaired) electrons. The number of carbonyl (C=O) groups is 2. The maximum Gasteiger partial charge on any atom is 0.334 e. The minimum absolute atomic E-state index is 0.0708. The summed E-state index contributed by atoms with van der Waals surface area (Å²) in [5.41, 5.74) is 2.68. The quantitative estimate of drug-likeness (QED) is 0.373. The molecule has 0 amide bonds. The number of aliphatic hydroxyl groups excluding tert-OH is 1. The molecule has 2 rings (SSSR count). The van der Waals surface area contributed by atoms with Crippen LogP contribution in [0.3, 0.4) is 0 Å². The molecular formula is C17H24O5. The second-order valence-electron chi connectivity index (χ2n) is 6.23. The fourth-order valence-electron chi connectivity index (χ4n) is 3.50. The summed E-state index contributed by atoms with van der Waals surface area (Å²) in [4.78, 5) is 22.5. The van der Waals surface area contributed by atoms with E-state index >= 15 is 0 Å². The molecular weight excluding hydrogens is 284 g/mol. The zero-order valence-electron chi connectivity index (χ0n) is 13.4. The van der Waals surface area contributed by atoms with Crippen LogP contribution >= 0.6 is 0 Å². The highest BCUT2D eigenvalue weighted by Gasteiger charge is 2.46. The summed E-state index contributed by atoms with van der Waals surface area (Å²) in [5.74, 6) is -1.08. The summed E-state index contributed by atoms with van der Waals surface area (Å²) in [6.45, 7) is 9.53.